The van der Waals surface area contributed by atoms with Gasteiger partial charge in [0.05, 0.1) is 4.90 Å². The summed E-state index contributed by atoms with van der Waals surface area (Å²) in [5.41, 5.74) is -0.109. The fraction of sp³-hybridized carbons (Fsp3) is 0.462. The number of carboxylic acids is 1. The van der Waals surface area contributed by atoms with E-state index in [1.165, 1.54) is 6.92 Å². The highest BCUT2D eigenvalue weighted by Gasteiger charge is 2.38. The first-order chi connectivity index (χ1) is 9.15. The van der Waals surface area contributed by atoms with E-state index in [1.807, 2.05) is 6.92 Å². The van der Waals surface area contributed by atoms with Crippen molar-refractivity contribution in [1.29, 1.82) is 0 Å². The molecule has 0 aliphatic heterocycles. The van der Waals surface area contributed by atoms with E-state index >= 15 is 0 Å². The van der Waals surface area contributed by atoms with Crippen molar-refractivity contribution in [3.63, 3.8) is 0 Å². The van der Waals surface area contributed by atoms with Crippen molar-refractivity contribution in [3.8, 4) is 5.75 Å². The maximum atomic E-state index is 12.2. The van der Waals surface area contributed by atoms with Crippen LogP contribution in [0.25, 0.3) is 0 Å². The number of aryl methyl sites for hydroxylation is 1. The van der Waals surface area contributed by atoms with Gasteiger partial charge in [0.1, 0.15) is 11.3 Å². The Morgan fingerprint density at radius 3 is 2.50 bits per heavy atom. The van der Waals surface area contributed by atoms with Crippen molar-refractivity contribution < 1.29 is 23.4 Å². The second kappa shape index (κ2) is 4.75. The number of rotatable bonds is 5. The third-order valence-electron chi connectivity index (χ3n) is 3.61. The van der Waals surface area contributed by atoms with Gasteiger partial charge in [0.2, 0.25) is 10.0 Å². The molecule has 1 aliphatic rings. The standard InChI is InChI=1S/C13H17NO5S/c1-8-5-10(15)9(12(16)17)6-11(8)20(18,19)14-7-13(2)3-4-13/h5-6,14-15H,3-4,7H2,1-2H3,(H,16,17). The van der Waals surface area contributed by atoms with Gasteiger partial charge in [-0.2, -0.15) is 0 Å². The van der Waals surface area contributed by atoms with Crippen LogP contribution < -0.4 is 4.72 Å². The summed E-state index contributed by atoms with van der Waals surface area (Å²) in [6.45, 7) is 3.83. The minimum absolute atomic E-state index is 0.00746. The lowest BCUT2D eigenvalue weighted by Crippen LogP contribution is -2.29. The molecular weight excluding hydrogens is 282 g/mol. The van der Waals surface area contributed by atoms with Crippen LogP contribution in [0.4, 0.5) is 0 Å². The molecule has 1 fully saturated rings. The van der Waals surface area contributed by atoms with E-state index in [0.29, 0.717) is 12.1 Å². The van der Waals surface area contributed by atoms with Gasteiger partial charge in [0, 0.05) is 6.54 Å². The lowest BCUT2D eigenvalue weighted by atomic mass is 10.1. The molecule has 110 valence electrons. The van der Waals surface area contributed by atoms with Crippen molar-refractivity contribution in [2.75, 3.05) is 6.54 Å². The zero-order valence-corrected chi connectivity index (χ0v) is 12.1. The number of nitrogens with one attached hydrogen (secondary N) is 1. The zero-order chi connectivity index (χ0) is 15.1. The van der Waals surface area contributed by atoms with Crippen LogP contribution in [0.2, 0.25) is 0 Å². The third-order valence-corrected chi connectivity index (χ3v) is 5.15. The summed E-state index contributed by atoms with van der Waals surface area (Å²) in [6.07, 6.45) is 1.95. The second-order valence-electron chi connectivity index (χ2n) is 5.58. The molecule has 1 aromatic rings. The fourth-order valence-corrected chi connectivity index (χ4v) is 3.32. The summed E-state index contributed by atoms with van der Waals surface area (Å²) in [6, 6.07) is 2.14. The van der Waals surface area contributed by atoms with Crippen LogP contribution in [0, 0.1) is 12.3 Å². The van der Waals surface area contributed by atoms with Gasteiger partial charge in [-0.15, -0.1) is 0 Å². The molecule has 0 unspecified atom stereocenters. The predicted octanol–water partition coefficient (Wildman–Crippen LogP) is 1.48. The van der Waals surface area contributed by atoms with Crippen molar-refractivity contribution in [3.05, 3.63) is 23.3 Å². The average Bonchev–Trinajstić information content (AvgIpc) is 3.05. The molecule has 3 N–H and O–H groups in total. The van der Waals surface area contributed by atoms with Crippen LogP contribution in [0.3, 0.4) is 0 Å². The average molecular weight is 299 g/mol. The summed E-state index contributed by atoms with van der Waals surface area (Å²) in [7, 11) is -3.78. The molecule has 7 heteroatoms. The highest BCUT2D eigenvalue weighted by atomic mass is 32.2. The van der Waals surface area contributed by atoms with Crippen molar-refractivity contribution in [2.24, 2.45) is 5.41 Å². The third kappa shape index (κ3) is 2.94. The van der Waals surface area contributed by atoms with Crippen LogP contribution in [-0.2, 0) is 10.0 Å². The Kier molecular flexibility index (Phi) is 3.51. The molecule has 2 rings (SSSR count). The van der Waals surface area contributed by atoms with Gasteiger partial charge in [0.25, 0.3) is 0 Å². The molecule has 1 aliphatic carbocycles. The Morgan fingerprint density at radius 2 is 2.00 bits per heavy atom. The Labute approximate surface area is 117 Å². The number of sulfonamides is 1. The summed E-state index contributed by atoms with van der Waals surface area (Å²) in [5, 5.41) is 18.5. The second-order valence-corrected chi connectivity index (χ2v) is 7.31. The summed E-state index contributed by atoms with van der Waals surface area (Å²) >= 11 is 0. The molecule has 0 saturated heterocycles. The number of hydrogen-bond donors (Lipinski definition) is 3. The quantitative estimate of drug-likeness (QED) is 0.764. The molecule has 1 saturated carbocycles. The minimum Gasteiger partial charge on any atom is -0.507 e. The van der Waals surface area contributed by atoms with Gasteiger partial charge in [-0.1, -0.05) is 6.92 Å². The summed E-state index contributed by atoms with van der Waals surface area (Å²) in [4.78, 5) is 10.9. The van der Waals surface area contributed by atoms with Crippen LogP contribution in [0.1, 0.15) is 35.7 Å². The first-order valence-corrected chi connectivity index (χ1v) is 7.69. The molecule has 20 heavy (non-hydrogen) atoms. The molecule has 0 aromatic heterocycles. The normalized spacial score (nSPS) is 16.9. The highest BCUT2D eigenvalue weighted by molar-refractivity contribution is 7.89. The maximum absolute atomic E-state index is 12.2. The first kappa shape index (κ1) is 14.8. The number of aromatic hydroxyl groups is 1. The largest absolute Gasteiger partial charge is 0.507 e. The Bertz CT molecular complexity index is 662. The predicted molar refractivity (Wildman–Crippen MR) is 72.3 cm³/mol. The van der Waals surface area contributed by atoms with Crippen LogP contribution >= 0.6 is 0 Å². The number of carboxylic acid groups (broad SMARTS) is 1. The smallest absolute Gasteiger partial charge is 0.339 e. The van der Waals surface area contributed by atoms with Gasteiger partial charge >= 0.3 is 5.97 Å². The minimum atomic E-state index is -3.78. The molecule has 1 aromatic carbocycles. The first-order valence-electron chi connectivity index (χ1n) is 6.21. The Morgan fingerprint density at radius 1 is 1.40 bits per heavy atom. The molecule has 0 bridgehead atoms. The van der Waals surface area contributed by atoms with Crippen LogP contribution in [0.15, 0.2) is 17.0 Å². The van der Waals surface area contributed by atoms with Gasteiger partial charge in [0.15, 0.2) is 0 Å². The zero-order valence-electron chi connectivity index (χ0n) is 11.3. The van der Waals surface area contributed by atoms with E-state index in [1.54, 1.807) is 0 Å². The number of carbonyl (C=O) groups is 1. The van der Waals surface area contributed by atoms with E-state index in [0.717, 1.165) is 25.0 Å². The van der Waals surface area contributed by atoms with E-state index in [-0.39, 0.29) is 10.3 Å². The molecule has 0 heterocycles. The summed E-state index contributed by atoms with van der Waals surface area (Å²) in [5.74, 6) is -1.81. The van der Waals surface area contributed by atoms with Crippen LogP contribution in [0.5, 0.6) is 5.75 Å². The molecule has 6 nitrogen and oxygen atoms in total. The van der Waals surface area contributed by atoms with Gasteiger partial charge in [-0.3, -0.25) is 0 Å². The van der Waals surface area contributed by atoms with Crippen molar-refractivity contribution in [2.45, 2.75) is 31.6 Å². The van der Waals surface area contributed by atoms with Gasteiger partial charge in [-0.25, -0.2) is 17.9 Å². The van der Waals surface area contributed by atoms with Gasteiger partial charge < -0.3 is 10.2 Å². The van der Waals surface area contributed by atoms with Crippen LogP contribution in [-0.4, -0.2) is 31.1 Å². The van der Waals surface area contributed by atoms with E-state index < -0.39 is 27.3 Å². The monoisotopic (exact) mass is 299 g/mol. The number of aromatic carboxylic acids is 1. The van der Waals surface area contributed by atoms with Crippen molar-refractivity contribution >= 4 is 16.0 Å². The fourth-order valence-electron chi connectivity index (χ4n) is 1.87. The lowest BCUT2D eigenvalue weighted by Gasteiger charge is -2.13. The SMILES string of the molecule is Cc1cc(O)c(C(=O)O)cc1S(=O)(=O)NCC1(C)CC1. The summed E-state index contributed by atoms with van der Waals surface area (Å²) < 4.78 is 27.0. The van der Waals surface area contributed by atoms with E-state index in [2.05, 4.69) is 4.72 Å². The topological polar surface area (TPSA) is 104 Å². The lowest BCUT2D eigenvalue weighted by molar-refractivity contribution is 0.0693. The maximum Gasteiger partial charge on any atom is 0.339 e. The van der Waals surface area contributed by atoms with E-state index in [4.69, 9.17) is 5.11 Å². The Hall–Kier alpha value is -1.60. The van der Waals surface area contributed by atoms with Crippen molar-refractivity contribution in [1.82, 2.24) is 4.72 Å². The number of phenols is 1. The molecule has 0 atom stereocenters. The van der Waals surface area contributed by atoms with E-state index in [9.17, 15) is 18.3 Å². The molecule has 0 spiro atoms. The molecule has 0 amide bonds. The van der Waals surface area contributed by atoms with Gasteiger partial charge in [-0.05, 0) is 42.9 Å². The number of hydrogen-bond acceptors (Lipinski definition) is 4. The Balaban J connectivity index is 2.35. The molecule has 0 radical (unpaired) electrons. The number of benzene rings is 1. The molecular formula is C13H17NO5S. The highest BCUT2D eigenvalue weighted by Crippen LogP contribution is 2.44.